The van der Waals surface area contributed by atoms with Crippen LogP contribution >= 0.6 is 7.82 Å². The summed E-state index contributed by atoms with van der Waals surface area (Å²) in [5, 5.41) is 83.0. The van der Waals surface area contributed by atoms with Crippen LogP contribution in [-0.2, 0) is 42.1 Å². The van der Waals surface area contributed by atoms with E-state index in [2.05, 4.69) is 13.8 Å². The number of unbranched alkanes of at least 4 members (excludes halogenated alkanes) is 28. The molecule has 1 aliphatic heterocycles. The minimum atomic E-state index is -5.37. The minimum absolute atomic E-state index is 0.0401. The summed E-state index contributed by atoms with van der Waals surface area (Å²) in [6.45, 7) is 2.27. The van der Waals surface area contributed by atoms with Crippen LogP contribution in [0.1, 0.15) is 219 Å². The summed E-state index contributed by atoms with van der Waals surface area (Å²) in [7, 11) is -5.37. The maximum Gasteiger partial charge on any atom is 0.472 e. The first-order chi connectivity index (χ1) is 33.7. The molecule has 2 rings (SSSR count). The fourth-order valence-electron chi connectivity index (χ4n) is 9.06. The third-order valence-corrected chi connectivity index (χ3v) is 14.5. The molecular weight excluding hydrogens is 932 g/mol. The molecule has 70 heavy (non-hydrogen) atoms. The van der Waals surface area contributed by atoms with Crippen LogP contribution in [0, 0.1) is 0 Å². The number of hydrogen-bond donors (Lipinski definition) is 9. The zero-order chi connectivity index (χ0) is 51.6. The van der Waals surface area contributed by atoms with Crippen molar-refractivity contribution in [3.63, 3.8) is 0 Å². The maximum atomic E-state index is 13.4. The van der Waals surface area contributed by atoms with Crippen molar-refractivity contribution in [1.82, 2.24) is 0 Å². The number of rotatable bonds is 43. The maximum absolute atomic E-state index is 13.4. The Morgan fingerprint density at radius 3 is 1.27 bits per heavy atom. The van der Waals surface area contributed by atoms with Gasteiger partial charge in [0.05, 0.1) is 13.2 Å². The number of ether oxygens (including phenoxy) is 4. The molecule has 2 unspecified atom stereocenters. The predicted octanol–water partition coefficient (Wildman–Crippen LogP) is 7.11. The van der Waals surface area contributed by atoms with Gasteiger partial charge in [0.1, 0.15) is 67.6 Å². The number of aliphatic hydroxyl groups excluding tert-OH is 8. The molecule has 0 bridgehead atoms. The minimum Gasteiger partial charge on any atom is -0.462 e. The predicted molar refractivity (Wildman–Crippen MR) is 263 cm³/mol. The molecule has 1 heterocycles. The number of phosphoric acid groups is 1. The number of carbonyl (C=O) groups excluding carboxylic acids is 2. The van der Waals surface area contributed by atoms with Crippen molar-refractivity contribution in [2.24, 2.45) is 0 Å². The summed E-state index contributed by atoms with van der Waals surface area (Å²) in [5.41, 5.74) is 0. The summed E-state index contributed by atoms with van der Waals surface area (Å²) >= 11 is 0. The second-order valence-electron chi connectivity index (χ2n) is 19.8. The van der Waals surface area contributed by atoms with E-state index in [0.29, 0.717) is 12.8 Å². The second-order valence-corrected chi connectivity index (χ2v) is 21.2. The molecule has 9 N–H and O–H groups in total. The Morgan fingerprint density at radius 1 is 0.486 bits per heavy atom. The third kappa shape index (κ3) is 27.3. The highest BCUT2D eigenvalue weighted by Crippen LogP contribution is 2.48. The fourth-order valence-corrected chi connectivity index (χ4v) is 10.0. The molecule has 414 valence electrons. The van der Waals surface area contributed by atoms with Crippen molar-refractivity contribution in [2.75, 3.05) is 19.8 Å². The lowest BCUT2D eigenvalue weighted by Gasteiger charge is -2.47. The molecule has 0 radical (unpaired) electrons. The molecule has 1 saturated heterocycles. The molecule has 0 aromatic rings. The molecule has 0 aromatic heterocycles. The van der Waals surface area contributed by atoms with Crippen molar-refractivity contribution in [2.45, 2.75) is 293 Å². The van der Waals surface area contributed by atoms with Crippen LogP contribution in [0.5, 0.6) is 0 Å². The highest BCUT2D eigenvalue weighted by molar-refractivity contribution is 7.47. The highest BCUT2D eigenvalue weighted by Gasteiger charge is 2.55. The van der Waals surface area contributed by atoms with Crippen molar-refractivity contribution >= 4 is 19.8 Å². The molecule has 2 aliphatic rings. The summed E-state index contributed by atoms with van der Waals surface area (Å²) < 4.78 is 45.6. The van der Waals surface area contributed by atoms with Crippen LogP contribution in [-0.4, -0.2) is 151 Å². The van der Waals surface area contributed by atoms with Gasteiger partial charge in [0.25, 0.3) is 0 Å². The zero-order valence-corrected chi connectivity index (χ0v) is 43.7. The van der Waals surface area contributed by atoms with E-state index in [4.69, 9.17) is 28.0 Å². The van der Waals surface area contributed by atoms with Gasteiger partial charge in [-0.3, -0.25) is 18.6 Å². The Morgan fingerprint density at radius 2 is 0.857 bits per heavy atom. The zero-order valence-electron chi connectivity index (χ0n) is 42.8. The molecule has 1 saturated carbocycles. The van der Waals surface area contributed by atoms with Gasteiger partial charge in [0.2, 0.25) is 0 Å². The Kier molecular flexibility index (Phi) is 36.2. The van der Waals surface area contributed by atoms with Gasteiger partial charge in [-0.1, -0.05) is 194 Å². The number of esters is 2. The van der Waals surface area contributed by atoms with Gasteiger partial charge >= 0.3 is 19.8 Å². The van der Waals surface area contributed by atoms with E-state index in [1.54, 1.807) is 0 Å². The average molecular weight is 1030 g/mol. The Hall–Kier alpha value is -1.35. The Balaban J connectivity index is 1.91. The third-order valence-electron chi connectivity index (χ3n) is 13.6. The summed E-state index contributed by atoms with van der Waals surface area (Å²) in [5.74, 6) is -1.20. The molecular formula is C51H97O18P. The largest absolute Gasteiger partial charge is 0.472 e. The van der Waals surface area contributed by atoms with E-state index in [9.17, 15) is 59.9 Å². The average Bonchev–Trinajstić information content (AvgIpc) is 3.34. The SMILES string of the molecule is CCCCCCCCCCCCCCCCCC(=O)OC[C@H](COP(=O)(O)O[C@@H]1[C@H](O)[C@H](O)[C@@H](O)[C@H](O)[C@H]1O[C@H]1O[C@H](CO)C(O)[C@H](O)[C@@H]1O)OC(=O)CCCCCCCCCCCCCCCCC. The van der Waals surface area contributed by atoms with Gasteiger partial charge in [0, 0.05) is 12.8 Å². The lowest BCUT2D eigenvalue weighted by atomic mass is 9.84. The van der Waals surface area contributed by atoms with E-state index in [1.807, 2.05) is 0 Å². The number of phosphoric ester groups is 1. The fraction of sp³-hybridized carbons (Fsp3) is 0.961. The molecule has 19 heteroatoms. The summed E-state index contributed by atoms with van der Waals surface area (Å²) in [4.78, 5) is 36.6. The molecule has 0 aromatic carbocycles. The quantitative estimate of drug-likeness (QED) is 0.0167. The first-order valence-electron chi connectivity index (χ1n) is 27.4. The summed E-state index contributed by atoms with van der Waals surface area (Å²) in [6, 6.07) is 0. The molecule has 0 amide bonds. The lowest BCUT2D eigenvalue weighted by Crippen LogP contribution is -2.67. The van der Waals surface area contributed by atoms with Crippen molar-refractivity contribution in [1.29, 1.82) is 0 Å². The van der Waals surface area contributed by atoms with Crippen LogP contribution in [0.3, 0.4) is 0 Å². The van der Waals surface area contributed by atoms with E-state index in [0.717, 1.165) is 51.4 Å². The normalized spacial score (nSPS) is 27.3. The van der Waals surface area contributed by atoms with Gasteiger partial charge in [-0.15, -0.1) is 0 Å². The second kappa shape index (κ2) is 39.1. The smallest absolute Gasteiger partial charge is 0.462 e. The monoisotopic (exact) mass is 1030 g/mol. The van der Waals surface area contributed by atoms with Gasteiger partial charge in [-0.25, -0.2) is 4.57 Å². The van der Waals surface area contributed by atoms with Gasteiger partial charge in [0.15, 0.2) is 12.4 Å². The molecule has 18 nitrogen and oxygen atoms in total. The number of hydrogen-bond acceptors (Lipinski definition) is 17. The number of carbonyl (C=O) groups is 2. The van der Waals surface area contributed by atoms with Crippen LogP contribution < -0.4 is 0 Å². The van der Waals surface area contributed by atoms with Crippen molar-refractivity contribution in [3.8, 4) is 0 Å². The van der Waals surface area contributed by atoms with Crippen LogP contribution in [0.4, 0.5) is 0 Å². The highest BCUT2D eigenvalue weighted by atomic mass is 31.2. The van der Waals surface area contributed by atoms with Gasteiger partial charge in [-0.2, -0.15) is 0 Å². The first kappa shape index (κ1) is 64.8. The molecule has 2 fully saturated rings. The van der Waals surface area contributed by atoms with Gasteiger partial charge < -0.3 is 64.7 Å². The topological polar surface area (TPSA) is 289 Å². The van der Waals surface area contributed by atoms with Crippen LogP contribution in [0.15, 0.2) is 0 Å². The first-order valence-corrected chi connectivity index (χ1v) is 28.9. The van der Waals surface area contributed by atoms with E-state index >= 15 is 0 Å². The van der Waals surface area contributed by atoms with Crippen LogP contribution in [0.2, 0.25) is 0 Å². The van der Waals surface area contributed by atoms with E-state index in [1.165, 1.54) is 128 Å². The standard InChI is InChI=1S/C51H97O18P/c1-3-5-7-9-11-13-15-17-19-21-23-25-27-29-31-33-40(53)64-36-38(66-41(54)34-32-30-28-26-24-22-20-18-16-14-12-10-8-6-4-2)37-65-70(62,63)69-50-47(60)45(58)44(57)46(59)49(50)68-51-48(61)43(56)42(55)39(35-52)67-51/h38-39,42-52,55-61H,3-37H2,1-2H3,(H,62,63)/t38-,39-,42?,43+,44-,45-,46+,47-,48+,49-,50-,51-/m1/s1. The molecule has 1 aliphatic carbocycles. The van der Waals surface area contributed by atoms with E-state index < -0.39 is 113 Å². The molecule has 0 spiro atoms. The van der Waals surface area contributed by atoms with Crippen molar-refractivity contribution < 1.29 is 87.9 Å². The van der Waals surface area contributed by atoms with Gasteiger partial charge in [-0.05, 0) is 12.8 Å². The van der Waals surface area contributed by atoms with Crippen molar-refractivity contribution in [3.05, 3.63) is 0 Å². The van der Waals surface area contributed by atoms with E-state index in [-0.39, 0.29) is 12.8 Å². The molecule has 13 atom stereocenters. The number of aliphatic hydroxyl groups is 8. The Labute approximate surface area is 419 Å². The van der Waals surface area contributed by atoms with Crippen LogP contribution in [0.25, 0.3) is 0 Å². The lowest BCUT2D eigenvalue weighted by molar-refractivity contribution is -0.338. The summed E-state index contributed by atoms with van der Waals surface area (Å²) in [6.07, 6.45) is 11.7. The Bertz CT molecular complexity index is 1360.